The van der Waals surface area contributed by atoms with Gasteiger partial charge in [-0.25, -0.2) is 4.39 Å². The molecular formula is C15H18BrFO2. The average Bonchev–Trinajstić information content (AvgIpc) is 2.45. The lowest BCUT2D eigenvalue weighted by Gasteiger charge is -2.26. The van der Waals surface area contributed by atoms with E-state index in [2.05, 4.69) is 15.9 Å². The summed E-state index contributed by atoms with van der Waals surface area (Å²) in [5.74, 6) is -0.987. The van der Waals surface area contributed by atoms with E-state index in [1.807, 2.05) is 27.7 Å². The third-order valence-electron chi connectivity index (χ3n) is 3.59. The number of carbonyl (C=O) groups excluding carboxylic acids is 1. The van der Waals surface area contributed by atoms with Gasteiger partial charge in [-0.1, -0.05) is 15.9 Å². The van der Waals surface area contributed by atoms with E-state index in [4.69, 9.17) is 4.74 Å². The van der Waals surface area contributed by atoms with Crippen LogP contribution < -0.4 is 0 Å². The minimum absolute atomic E-state index is 0.141. The molecule has 0 aliphatic carbocycles. The molecule has 1 atom stereocenters. The topological polar surface area (TPSA) is 26.3 Å². The van der Waals surface area contributed by atoms with E-state index in [-0.39, 0.29) is 22.9 Å². The van der Waals surface area contributed by atoms with Crippen LogP contribution in [0.15, 0.2) is 22.7 Å². The van der Waals surface area contributed by atoms with Crippen LogP contribution in [0.5, 0.6) is 0 Å². The maximum Gasteiger partial charge on any atom is 0.171 e. The van der Waals surface area contributed by atoms with E-state index in [0.29, 0.717) is 10.9 Å². The molecule has 1 aromatic rings. The Morgan fingerprint density at radius 1 is 1.37 bits per heavy atom. The van der Waals surface area contributed by atoms with Crippen molar-refractivity contribution in [2.45, 2.75) is 45.3 Å². The summed E-state index contributed by atoms with van der Waals surface area (Å²) < 4.78 is 20.4. The van der Waals surface area contributed by atoms with Gasteiger partial charge in [0.2, 0.25) is 0 Å². The van der Waals surface area contributed by atoms with E-state index in [0.717, 1.165) is 0 Å². The quantitative estimate of drug-likeness (QED) is 0.754. The summed E-state index contributed by atoms with van der Waals surface area (Å²) in [6.45, 7) is 7.70. The molecule has 0 radical (unpaired) electrons. The van der Waals surface area contributed by atoms with E-state index >= 15 is 0 Å². The largest absolute Gasteiger partial charge is 0.369 e. The van der Waals surface area contributed by atoms with Crippen molar-refractivity contribution in [1.29, 1.82) is 0 Å². The van der Waals surface area contributed by atoms with E-state index < -0.39 is 11.4 Å². The Hall–Kier alpha value is -0.740. The molecule has 104 valence electrons. The molecule has 2 rings (SSSR count). The minimum Gasteiger partial charge on any atom is -0.369 e. The number of ketones is 1. The van der Waals surface area contributed by atoms with Gasteiger partial charge >= 0.3 is 0 Å². The van der Waals surface area contributed by atoms with Gasteiger partial charge in [-0.15, -0.1) is 0 Å². The van der Waals surface area contributed by atoms with Crippen LogP contribution in [0.3, 0.4) is 0 Å². The van der Waals surface area contributed by atoms with Crippen LogP contribution in [-0.2, 0) is 4.74 Å². The maximum absolute atomic E-state index is 13.9. The monoisotopic (exact) mass is 328 g/mol. The molecule has 0 amide bonds. The number of benzene rings is 1. The zero-order chi connectivity index (χ0) is 14.4. The standard InChI is InChI=1S/C15H18BrFO2/c1-14(2)8-11(15(3,4)19-14)13(18)10-6-5-9(16)7-12(10)17/h5-7,11H,8H2,1-4H3. The normalized spacial score (nSPS) is 24.4. The first-order valence-electron chi connectivity index (χ1n) is 6.32. The predicted molar refractivity (Wildman–Crippen MR) is 75.8 cm³/mol. The van der Waals surface area contributed by atoms with Gasteiger partial charge in [0.25, 0.3) is 0 Å². The second kappa shape index (κ2) is 4.67. The van der Waals surface area contributed by atoms with Crippen LogP contribution in [0.4, 0.5) is 4.39 Å². The molecule has 2 nitrogen and oxygen atoms in total. The van der Waals surface area contributed by atoms with Crippen molar-refractivity contribution < 1.29 is 13.9 Å². The maximum atomic E-state index is 13.9. The van der Waals surface area contributed by atoms with Crippen molar-refractivity contribution in [3.8, 4) is 0 Å². The lowest BCUT2D eigenvalue weighted by atomic mass is 9.81. The van der Waals surface area contributed by atoms with Crippen molar-refractivity contribution in [3.63, 3.8) is 0 Å². The summed E-state index contributed by atoms with van der Waals surface area (Å²) in [4.78, 5) is 12.5. The van der Waals surface area contributed by atoms with Crippen LogP contribution in [-0.4, -0.2) is 17.0 Å². The first kappa shape index (κ1) is 14.7. The zero-order valence-electron chi connectivity index (χ0n) is 11.6. The molecule has 0 aromatic heterocycles. The SMILES string of the molecule is CC1(C)CC(C(=O)c2ccc(Br)cc2F)C(C)(C)O1. The highest BCUT2D eigenvalue weighted by molar-refractivity contribution is 9.10. The lowest BCUT2D eigenvalue weighted by molar-refractivity contribution is -0.0712. The highest BCUT2D eigenvalue weighted by atomic mass is 79.9. The Morgan fingerprint density at radius 2 is 2.00 bits per heavy atom. The molecule has 4 heteroatoms. The number of carbonyl (C=O) groups is 1. The minimum atomic E-state index is -0.569. The van der Waals surface area contributed by atoms with Gasteiger partial charge in [0.1, 0.15) is 5.82 Å². The molecule has 0 spiro atoms. The van der Waals surface area contributed by atoms with E-state index in [9.17, 15) is 9.18 Å². The fourth-order valence-electron chi connectivity index (χ4n) is 2.85. The predicted octanol–water partition coefficient (Wildman–Crippen LogP) is 4.36. The average molecular weight is 329 g/mol. The van der Waals surface area contributed by atoms with Crippen molar-refractivity contribution in [2.75, 3.05) is 0 Å². The number of hydrogen-bond acceptors (Lipinski definition) is 2. The number of hydrogen-bond donors (Lipinski definition) is 0. The fourth-order valence-corrected chi connectivity index (χ4v) is 3.18. The molecular weight excluding hydrogens is 311 g/mol. The highest BCUT2D eigenvalue weighted by Crippen LogP contribution is 2.43. The molecule has 1 saturated heterocycles. The summed E-state index contributed by atoms with van der Waals surface area (Å²) in [7, 11) is 0. The smallest absolute Gasteiger partial charge is 0.171 e. The van der Waals surface area contributed by atoms with E-state index in [1.165, 1.54) is 12.1 Å². The number of ether oxygens (including phenoxy) is 1. The Labute approximate surface area is 121 Å². The summed E-state index contributed by atoms with van der Waals surface area (Å²) in [6, 6.07) is 4.54. The molecule has 0 saturated carbocycles. The molecule has 0 bridgehead atoms. The van der Waals surface area contributed by atoms with Crippen molar-refractivity contribution >= 4 is 21.7 Å². The van der Waals surface area contributed by atoms with Gasteiger partial charge in [0.15, 0.2) is 5.78 Å². The van der Waals surface area contributed by atoms with Gasteiger partial charge in [-0.2, -0.15) is 0 Å². The van der Waals surface area contributed by atoms with Crippen molar-refractivity contribution in [3.05, 3.63) is 34.1 Å². The third-order valence-corrected chi connectivity index (χ3v) is 4.08. The Balaban J connectivity index is 2.34. The van der Waals surface area contributed by atoms with Gasteiger partial charge in [-0.05, 0) is 52.3 Å². The van der Waals surface area contributed by atoms with Gasteiger partial charge < -0.3 is 4.74 Å². The van der Waals surface area contributed by atoms with Crippen molar-refractivity contribution in [1.82, 2.24) is 0 Å². The van der Waals surface area contributed by atoms with Crippen LogP contribution >= 0.6 is 15.9 Å². The molecule has 19 heavy (non-hydrogen) atoms. The number of Topliss-reactive ketones (excluding diaryl/α,β-unsaturated/α-hetero) is 1. The first-order valence-corrected chi connectivity index (χ1v) is 7.11. The molecule has 1 aromatic carbocycles. The van der Waals surface area contributed by atoms with Crippen LogP contribution in [0.25, 0.3) is 0 Å². The number of rotatable bonds is 2. The number of halogens is 2. The fraction of sp³-hybridized carbons (Fsp3) is 0.533. The summed E-state index contributed by atoms with van der Waals surface area (Å²) >= 11 is 3.19. The molecule has 1 aliphatic heterocycles. The van der Waals surface area contributed by atoms with Crippen LogP contribution in [0, 0.1) is 11.7 Å². The lowest BCUT2D eigenvalue weighted by Crippen LogP contribution is -2.34. The van der Waals surface area contributed by atoms with Gasteiger partial charge in [-0.3, -0.25) is 4.79 Å². The first-order chi connectivity index (χ1) is 8.62. The zero-order valence-corrected chi connectivity index (χ0v) is 13.2. The van der Waals surface area contributed by atoms with Gasteiger partial charge in [0, 0.05) is 4.47 Å². The molecule has 1 unspecified atom stereocenters. The van der Waals surface area contributed by atoms with Crippen LogP contribution in [0.1, 0.15) is 44.5 Å². The van der Waals surface area contributed by atoms with E-state index in [1.54, 1.807) is 6.07 Å². The molecule has 0 N–H and O–H groups in total. The summed E-state index contributed by atoms with van der Waals surface area (Å²) in [6.07, 6.45) is 0.605. The second-order valence-electron chi connectivity index (χ2n) is 6.21. The molecule has 1 heterocycles. The second-order valence-corrected chi connectivity index (χ2v) is 7.13. The summed E-state index contributed by atoms with van der Waals surface area (Å²) in [5.41, 5.74) is -0.780. The molecule has 1 aliphatic rings. The summed E-state index contributed by atoms with van der Waals surface area (Å²) in [5, 5.41) is 0. The Bertz CT molecular complexity index is 523. The van der Waals surface area contributed by atoms with Crippen molar-refractivity contribution in [2.24, 2.45) is 5.92 Å². The Kier molecular flexibility index (Phi) is 3.60. The van der Waals surface area contributed by atoms with Gasteiger partial charge in [0.05, 0.1) is 22.7 Å². The third kappa shape index (κ3) is 2.90. The molecule has 1 fully saturated rings. The van der Waals surface area contributed by atoms with Crippen LogP contribution in [0.2, 0.25) is 0 Å². The Morgan fingerprint density at radius 3 is 2.47 bits per heavy atom. The highest BCUT2D eigenvalue weighted by Gasteiger charge is 2.49.